The largest absolute Gasteiger partial charge is 0.478 e. The first-order valence-electron chi connectivity index (χ1n) is 41.0. The number of carboxylic acid groups (broad SMARTS) is 3. The van der Waals surface area contributed by atoms with Gasteiger partial charge in [-0.2, -0.15) is 0 Å². The number of carbonyl (C=O) groups is 10. The number of fused-ring (bicyclic) bond motifs is 7. The summed E-state index contributed by atoms with van der Waals surface area (Å²) >= 11 is 0. The van der Waals surface area contributed by atoms with Crippen LogP contribution in [0.25, 0.3) is 0 Å². The molecule has 12 rings (SSSR count). The third kappa shape index (κ3) is 22.7. The summed E-state index contributed by atoms with van der Waals surface area (Å²) in [5, 5.41) is 37.2. The van der Waals surface area contributed by atoms with Crippen LogP contribution in [0.4, 0.5) is 0 Å². The monoisotopic (exact) mass is 1590 g/mol. The second kappa shape index (κ2) is 39.2. The standard InChI is InChI=1S/C21H30O8.C21H28O8.C17H24O4.C15H22O3.C15H22O2/c1-11(2)6-17(23)28-15-9-25-20(29-18(24)7-12(3)4)19-14(15)8-16(27-13(5)22)21(19)10-26-21;1-11(2)6-17(23)28-16-8-14-15(27-13(5)22)9-25-20(19(14)21(16)10-26-21)29-18(24)7-12(3)4;1-9-5-6-13(7-11(3)17(19)20)15-10(2)8-14(16(9)15)21-12(4)18;1-8-4-5-11(6-10(3)15(17)18)13-9(2)7-12(16)14(8)13;1-9-4-6-12(8-11(3)15(16)17)14-10(2)5-7-13(9)14/h9,11-12,14,16,19-20H,6-8,10H2,1-5H3;8-9,11-12,16,19-20H,6-7,10H2,1-5H3;7,9,13-14,16H,5-6,8H2,1-4H3,(H,19,20);6,8,11-12,14,16H,4-5,7H2,1-3H3,(H,17,18);8-9,12-13H,4-7H2,1-3H3,(H,16,17)/b;;11-7+;10-6+;11-8+/t14-,16+,19-,20+,21-;16-,19+,20-,21+;9-,13+,14-,16+;8-,11+,12-,14+;9-,12+,13-/m10111/s1. The van der Waals surface area contributed by atoms with Crippen LogP contribution in [-0.4, -0.2) is 142 Å². The summed E-state index contributed by atoms with van der Waals surface area (Å²) in [4.78, 5) is 116. The molecule has 114 heavy (non-hydrogen) atoms. The molecule has 8 aliphatic carbocycles. The molecule has 20 atom stereocenters. The number of rotatable bonds is 21. The summed E-state index contributed by atoms with van der Waals surface area (Å²) in [7, 11) is 0. The fourth-order valence-corrected chi connectivity index (χ4v) is 18.9. The van der Waals surface area contributed by atoms with Crippen LogP contribution in [0, 0.1) is 94.7 Å². The molecule has 2 saturated heterocycles. The van der Waals surface area contributed by atoms with Crippen molar-refractivity contribution in [1.82, 2.24) is 0 Å². The SMILES string of the molecule is CC(=O)OC1=CO[C@@H](OC(=O)CC(C)C)[C@H]2C1=C[C@H](OC(=O)CC(C)C)[C@]21CO1.CC(=O)O[C@@H]1CC(C)=C2[C@H]1[C@H](C)CC[C@H]2/C=C(\C)C(=O)O.CC(=O)O[C@H]1C[C@@H]2C(OC(=O)CC(C)C)=CO[C@@H](OC(=O)CC(C)C)[C@@H]2[C@@]12CO2.CC1=C2[C@@H]([C@H](C)CC[C@H]2/C=C(\C)C(=O)O)[C@H](O)C1.CC1=C2[C@H](/C=C(\C)C(=O)O)CC[C@@H](C)[C@H]2CC1. The fraction of sp³-hybridized carbons (Fsp3) is 0.685. The first kappa shape index (κ1) is 91.4. The molecule has 0 unspecified atom stereocenters. The van der Waals surface area contributed by atoms with Crippen molar-refractivity contribution in [2.45, 2.75) is 283 Å². The van der Waals surface area contributed by atoms with Gasteiger partial charge in [-0.3, -0.25) is 33.6 Å². The van der Waals surface area contributed by atoms with E-state index in [1.54, 1.807) is 32.4 Å². The van der Waals surface area contributed by atoms with Gasteiger partial charge >= 0.3 is 59.7 Å². The van der Waals surface area contributed by atoms with E-state index in [-0.39, 0.29) is 121 Å². The smallest absolute Gasteiger partial charge is 0.330 e. The number of allylic oxidation sites excluding steroid dienone is 7. The Hall–Kier alpha value is -8.16. The molecule has 0 aromatic rings. The van der Waals surface area contributed by atoms with Crippen molar-refractivity contribution in [3.63, 3.8) is 0 Å². The van der Waals surface area contributed by atoms with Crippen molar-refractivity contribution in [3.8, 4) is 0 Å². The maximum absolute atomic E-state index is 12.2. The number of ether oxygens (including phenoxy) is 11. The molecular formula is C89H126O25. The van der Waals surface area contributed by atoms with Gasteiger partial charge in [-0.15, -0.1) is 0 Å². The van der Waals surface area contributed by atoms with E-state index in [9.17, 15) is 53.1 Å². The molecule has 4 heterocycles. The molecule has 0 aromatic carbocycles. The van der Waals surface area contributed by atoms with Gasteiger partial charge in [0.2, 0.25) is 6.29 Å². The molecule has 6 fully saturated rings. The number of carboxylic acids is 3. The number of epoxide rings is 2. The lowest BCUT2D eigenvalue weighted by Crippen LogP contribution is -2.45. The van der Waals surface area contributed by atoms with Gasteiger partial charge in [0.1, 0.15) is 41.7 Å². The van der Waals surface area contributed by atoms with Gasteiger partial charge in [0, 0.05) is 92.9 Å². The third-order valence-electron chi connectivity index (χ3n) is 24.2. The molecule has 632 valence electrons. The highest BCUT2D eigenvalue weighted by atomic mass is 16.7. The van der Waals surface area contributed by atoms with Crippen LogP contribution in [-0.2, 0) is 100 Å². The zero-order chi connectivity index (χ0) is 84.4. The molecule has 2 spiro atoms. The zero-order valence-electron chi connectivity index (χ0n) is 70.5. The molecule has 12 aliphatic rings. The van der Waals surface area contributed by atoms with E-state index in [0.717, 1.165) is 50.9 Å². The Morgan fingerprint density at radius 2 is 0.939 bits per heavy atom. The summed E-state index contributed by atoms with van der Waals surface area (Å²) in [6.45, 7) is 38.3. The summed E-state index contributed by atoms with van der Waals surface area (Å²) in [5.74, 6) is -1.57. The van der Waals surface area contributed by atoms with Gasteiger partial charge < -0.3 is 72.5 Å². The first-order chi connectivity index (χ1) is 53.5. The van der Waals surface area contributed by atoms with E-state index < -0.39 is 83.6 Å². The van der Waals surface area contributed by atoms with E-state index >= 15 is 0 Å². The van der Waals surface area contributed by atoms with Gasteiger partial charge in [-0.05, 0) is 177 Å². The first-order valence-corrected chi connectivity index (χ1v) is 41.0. The summed E-state index contributed by atoms with van der Waals surface area (Å²) in [6.07, 6.45) is 18.5. The number of aliphatic hydroxyl groups excluding tert-OH is 1. The predicted molar refractivity (Wildman–Crippen MR) is 418 cm³/mol. The maximum atomic E-state index is 12.2. The Labute approximate surface area is 672 Å². The molecule has 0 amide bonds. The Kier molecular flexibility index (Phi) is 31.4. The summed E-state index contributed by atoms with van der Waals surface area (Å²) < 4.78 is 61.4. The van der Waals surface area contributed by atoms with E-state index in [4.69, 9.17) is 67.4 Å². The van der Waals surface area contributed by atoms with Gasteiger partial charge in [0.15, 0.2) is 11.9 Å². The number of hydrogen-bond donors (Lipinski definition) is 4. The Bertz CT molecular complexity index is 3890. The minimum atomic E-state index is -0.955. The van der Waals surface area contributed by atoms with E-state index in [1.807, 2.05) is 73.6 Å². The van der Waals surface area contributed by atoms with E-state index in [1.165, 1.54) is 80.4 Å². The van der Waals surface area contributed by atoms with Crippen LogP contribution >= 0.6 is 0 Å². The molecule has 25 nitrogen and oxygen atoms in total. The molecular weight excluding hydrogens is 1470 g/mol. The van der Waals surface area contributed by atoms with Crippen LogP contribution in [0.1, 0.15) is 235 Å². The van der Waals surface area contributed by atoms with Crippen LogP contribution < -0.4 is 0 Å². The van der Waals surface area contributed by atoms with Crippen LogP contribution in [0.2, 0.25) is 0 Å². The molecule has 25 heteroatoms. The van der Waals surface area contributed by atoms with Crippen LogP contribution in [0.5, 0.6) is 0 Å². The van der Waals surface area contributed by atoms with Gasteiger partial charge in [-0.25, -0.2) is 14.4 Å². The van der Waals surface area contributed by atoms with Crippen molar-refractivity contribution in [2.24, 2.45) is 94.7 Å². The quantitative estimate of drug-likeness (QED) is 0.0273. The van der Waals surface area contributed by atoms with Crippen molar-refractivity contribution < 1.29 is 120 Å². The highest BCUT2D eigenvalue weighted by molar-refractivity contribution is 5.87. The van der Waals surface area contributed by atoms with Crippen LogP contribution in [0.3, 0.4) is 0 Å². The minimum Gasteiger partial charge on any atom is -0.478 e. The average Bonchev–Trinajstić information content (AvgIpc) is 1.54. The predicted octanol–water partition coefficient (Wildman–Crippen LogP) is 15.2. The molecule has 4 saturated carbocycles. The zero-order valence-corrected chi connectivity index (χ0v) is 70.5. The topological polar surface area (TPSA) is 360 Å². The molecule has 0 radical (unpaired) electrons. The lowest BCUT2D eigenvalue weighted by molar-refractivity contribution is -0.195. The lowest BCUT2D eigenvalue weighted by Gasteiger charge is -2.36. The second-order valence-corrected chi connectivity index (χ2v) is 35.4. The van der Waals surface area contributed by atoms with Crippen molar-refractivity contribution in [2.75, 3.05) is 13.2 Å². The van der Waals surface area contributed by atoms with E-state index in [2.05, 4.69) is 41.5 Å². The Balaban J connectivity index is 0.000000181. The van der Waals surface area contributed by atoms with Gasteiger partial charge in [0.05, 0.1) is 31.2 Å². The van der Waals surface area contributed by atoms with Crippen molar-refractivity contribution >= 4 is 59.7 Å². The molecule has 0 bridgehead atoms. The van der Waals surface area contributed by atoms with Crippen LogP contribution in [0.15, 0.2) is 104 Å². The highest BCUT2D eigenvalue weighted by Gasteiger charge is 2.72. The summed E-state index contributed by atoms with van der Waals surface area (Å²) in [6, 6.07) is 0. The normalized spacial score (nSPS) is 32.7. The number of carbonyl (C=O) groups excluding carboxylic acids is 7. The average molecular weight is 1600 g/mol. The maximum Gasteiger partial charge on any atom is 0.330 e. The Morgan fingerprint density at radius 1 is 0.491 bits per heavy atom. The minimum absolute atomic E-state index is 0.0752. The van der Waals surface area contributed by atoms with Gasteiger partial charge in [-0.1, -0.05) is 128 Å². The number of aliphatic carboxylic acids is 3. The van der Waals surface area contributed by atoms with Crippen molar-refractivity contribution in [1.29, 1.82) is 0 Å². The highest BCUT2D eigenvalue weighted by Crippen LogP contribution is 2.59. The molecule has 4 N–H and O–H groups in total. The summed E-state index contributed by atoms with van der Waals surface area (Å²) in [5.41, 5.74) is 8.42. The lowest BCUT2D eigenvalue weighted by atomic mass is 9.70. The second-order valence-electron chi connectivity index (χ2n) is 35.4. The number of esters is 7. The molecule has 4 aliphatic heterocycles. The number of hydrogen-bond acceptors (Lipinski definition) is 22. The molecule has 0 aromatic heterocycles. The third-order valence-corrected chi connectivity index (χ3v) is 24.2. The van der Waals surface area contributed by atoms with Crippen molar-refractivity contribution in [3.05, 3.63) is 104 Å². The Morgan fingerprint density at radius 3 is 1.42 bits per heavy atom. The van der Waals surface area contributed by atoms with Gasteiger partial charge in [0.25, 0.3) is 6.29 Å². The fourth-order valence-electron chi connectivity index (χ4n) is 18.9. The number of aliphatic hydroxyl groups is 1. The van der Waals surface area contributed by atoms with E-state index in [0.29, 0.717) is 71.4 Å².